The van der Waals surface area contributed by atoms with Gasteiger partial charge in [-0.05, 0) is 43.1 Å². The predicted molar refractivity (Wildman–Crippen MR) is 67.5 cm³/mol. The fraction of sp³-hybridized carbons (Fsp3) is 1.00. The maximum atomic E-state index is 5.57. The van der Waals surface area contributed by atoms with Gasteiger partial charge in [0.15, 0.2) is 0 Å². The molecule has 1 aliphatic carbocycles. The molecular formula is C14H27NO. The molecule has 0 spiro atoms. The molecule has 2 nitrogen and oxygen atoms in total. The van der Waals surface area contributed by atoms with Gasteiger partial charge in [0.25, 0.3) is 0 Å². The SMILES string of the molecule is CC1CC(NCC2C(C)(C)C2(C)C)CCO1. The summed E-state index contributed by atoms with van der Waals surface area (Å²) in [5.74, 6) is 0.832. The standard InChI is InChI=1S/C14H27NO/c1-10-8-11(6-7-16-10)15-9-12-13(2,3)14(12,4)5/h10-12,15H,6-9H2,1-5H3. The van der Waals surface area contributed by atoms with E-state index >= 15 is 0 Å². The summed E-state index contributed by atoms with van der Waals surface area (Å²) in [6, 6.07) is 0.677. The molecule has 16 heavy (non-hydrogen) atoms. The first-order valence-electron chi connectivity index (χ1n) is 6.70. The van der Waals surface area contributed by atoms with Gasteiger partial charge >= 0.3 is 0 Å². The Morgan fingerprint density at radius 1 is 1.19 bits per heavy atom. The molecular weight excluding hydrogens is 198 g/mol. The van der Waals surface area contributed by atoms with Crippen molar-refractivity contribution in [2.24, 2.45) is 16.7 Å². The lowest BCUT2D eigenvalue weighted by Crippen LogP contribution is -2.39. The van der Waals surface area contributed by atoms with Gasteiger partial charge < -0.3 is 10.1 Å². The van der Waals surface area contributed by atoms with Gasteiger partial charge in [-0.1, -0.05) is 27.7 Å². The molecule has 0 amide bonds. The third-order valence-corrected chi connectivity index (χ3v) is 5.42. The molecule has 1 aliphatic heterocycles. The average molecular weight is 225 g/mol. The van der Waals surface area contributed by atoms with Gasteiger partial charge in [0.05, 0.1) is 6.10 Å². The molecule has 0 aromatic rings. The Morgan fingerprint density at radius 3 is 2.31 bits per heavy atom. The topological polar surface area (TPSA) is 21.3 Å². The van der Waals surface area contributed by atoms with Gasteiger partial charge in [0, 0.05) is 12.6 Å². The second kappa shape index (κ2) is 3.99. The molecule has 2 atom stereocenters. The highest BCUT2D eigenvalue weighted by Gasteiger charge is 2.63. The summed E-state index contributed by atoms with van der Waals surface area (Å²) in [4.78, 5) is 0. The van der Waals surface area contributed by atoms with E-state index in [9.17, 15) is 0 Å². The number of nitrogens with one attached hydrogen (secondary N) is 1. The van der Waals surface area contributed by atoms with E-state index in [1.807, 2.05) is 0 Å². The minimum Gasteiger partial charge on any atom is -0.378 e. The van der Waals surface area contributed by atoms with E-state index in [-0.39, 0.29) is 0 Å². The lowest BCUT2D eigenvalue weighted by atomic mass is 10.0. The summed E-state index contributed by atoms with van der Waals surface area (Å²) in [6.45, 7) is 13.9. The second-order valence-electron chi connectivity index (χ2n) is 6.81. The second-order valence-corrected chi connectivity index (χ2v) is 6.81. The van der Waals surface area contributed by atoms with E-state index in [0.717, 1.165) is 12.5 Å². The van der Waals surface area contributed by atoms with E-state index in [1.54, 1.807) is 0 Å². The van der Waals surface area contributed by atoms with Crippen LogP contribution in [0.2, 0.25) is 0 Å². The van der Waals surface area contributed by atoms with Crippen LogP contribution >= 0.6 is 0 Å². The highest BCUT2D eigenvalue weighted by Crippen LogP contribution is 2.67. The molecule has 0 aromatic carbocycles. The normalized spacial score (nSPS) is 37.3. The third kappa shape index (κ3) is 2.02. The van der Waals surface area contributed by atoms with Gasteiger partial charge in [0.1, 0.15) is 0 Å². The maximum absolute atomic E-state index is 5.57. The van der Waals surface area contributed by atoms with E-state index < -0.39 is 0 Å². The Bertz CT molecular complexity index is 245. The number of hydrogen-bond acceptors (Lipinski definition) is 2. The number of ether oxygens (including phenoxy) is 1. The van der Waals surface area contributed by atoms with Crippen molar-refractivity contribution >= 4 is 0 Å². The van der Waals surface area contributed by atoms with Crippen molar-refractivity contribution in [3.8, 4) is 0 Å². The predicted octanol–water partition coefficient (Wildman–Crippen LogP) is 2.83. The van der Waals surface area contributed by atoms with Crippen molar-refractivity contribution in [1.82, 2.24) is 5.32 Å². The lowest BCUT2D eigenvalue weighted by Gasteiger charge is -2.28. The van der Waals surface area contributed by atoms with Crippen molar-refractivity contribution in [2.45, 2.75) is 59.6 Å². The first-order chi connectivity index (χ1) is 7.35. The Kier molecular flexibility index (Phi) is 3.09. The van der Waals surface area contributed by atoms with E-state index in [0.29, 0.717) is 23.0 Å². The monoisotopic (exact) mass is 225 g/mol. The molecule has 1 N–H and O–H groups in total. The van der Waals surface area contributed by atoms with Crippen molar-refractivity contribution < 1.29 is 4.74 Å². The molecule has 1 saturated heterocycles. The molecule has 2 rings (SSSR count). The summed E-state index contributed by atoms with van der Waals surface area (Å²) in [5.41, 5.74) is 1.02. The minimum absolute atomic E-state index is 0.437. The zero-order valence-electron chi connectivity index (χ0n) is 11.5. The van der Waals surface area contributed by atoms with Gasteiger partial charge in [-0.2, -0.15) is 0 Å². The maximum Gasteiger partial charge on any atom is 0.0561 e. The Balaban J connectivity index is 1.77. The molecule has 0 bridgehead atoms. The van der Waals surface area contributed by atoms with Gasteiger partial charge in [-0.25, -0.2) is 0 Å². The fourth-order valence-electron chi connectivity index (χ4n) is 3.31. The molecule has 94 valence electrons. The smallest absolute Gasteiger partial charge is 0.0561 e. The van der Waals surface area contributed by atoms with Crippen molar-refractivity contribution in [1.29, 1.82) is 0 Å². The van der Waals surface area contributed by atoms with Crippen LogP contribution in [0.25, 0.3) is 0 Å². The minimum atomic E-state index is 0.437. The van der Waals surface area contributed by atoms with Crippen LogP contribution in [0.3, 0.4) is 0 Å². The van der Waals surface area contributed by atoms with Crippen LogP contribution in [-0.4, -0.2) is 25.3 Å². The Hall–Kier alpha value is -0.0800. The molecule has 2 fully saturated rings. The first-order valence-corrected chi connectivity index (χ1v) is 6.70. The Labute approximate surface area is 100 Å². The largest absolute Gasteiger partial charge is 0.378 e. The molecule has 1 saturated carbocycles. The van der Waals surface area contributed by atoms with Gasteiger partial charge in [-0.15, -0.1) is 0 Å². The van der Waals surface area contributed by atoms with Crippen LogP contribution in [0.5, 0.6) is 0 Å². The molecule has 2 aliphatic rings. The number of rotatable bonds is 3. The highest BCUT2D eigenvalue weighted by atomic mass is 16.5. The Morgan fingerprint density at radius 2 is 1.81 bits per heavy atom. The molecule has 0 aromatic heterocycles. The third-order valence-electron chi connectivity index (χ3n) is 5.42. The molecule has 1 heterocycles. The van der Waals surface area contributed by atoms with E-state index in [1.165, 1.54) is 19.4 Å². The van der Waals surface area contributed by atoms with Crippen molar-refractivity contribution in [3.63, 3.8) is 0 Å². The van der Waals surface area contributed by atoms with Gasteiger partial charge in [-0.3, -0.25) is 0 Å². The highest BCUT2D eigenvalue weighted by molar-refractivity contribution is 5.13. The summed E-state index contributed by atoms with van der Waals surface area (Å²) in [7, 11) is 0. The summed E-state index contributed by atoms with van der Waals surface area (Å²) in [6.07, 6.45) is 2.79. The molecule has 0 radical (unpaired) electrons. The zero-order valence-corrected chi connectivity index (χ0v) is 11.5. The van der Waals surface area contributed by atoms with E-state index in [2.05, 4.69) is 39.9 Å². The summed E-state index contributed by atoms with van der Waals surface area (Å²) in [5, 5.41) is 3.75. The van der Waals surface area contributed by atoms with Crippen LogP contribution in [-0.2, 0) is 4.74 Å². The average Bonchev–Trinajstić information content (AvgIpc) is 2.55. The molecule has 2 unspecified atom stereocenters. The summed E-state index contributed by atoms with van der Waals surface area (Å²) < 4.78 is 5.57. The summed E-state index contributed by atoms with van der Waals surface area (Å²) >= 11 is 0. The quantitative estimate of drug-likeness (QED) is 0.797. The molecule has 2 heteroatoms. The van der Waals surface area contributed by atoms with Crippen molar-refractivity contribution in [3.05, 3.63) is 0 Å². The van der Waals surface area contributed by atoms with Crippen LogP contribution in [0, 0.1) is 16.7 Å². The van der Waals surface area contributed by atoms with Crippen LogP contribution in [0.4, 0.5) is 0 Å². The first kappa shape index (κ1) is 12.4. The van der Waals surface area contributed by atoms with Crippen LogP contribution < -0.4 is 5.32 Å². The van der Waals surface area contributed by atoms with E-state index in [4.69, 9.17) is 4.74 Å². The van der Waals surface area contributed by atoms with Crippen molar-refractivity contribution in [2.75, 3.05) is 13.2 Å². The number of hydrogen-bond donors (Lipinski definition) is 1. The van der Waals surface area contributed by atoms with Gasteiger partial charge in [0.2, 0.25) is 0 Å². The zero-order chi connectivity index (χ0) is 12.0. The fourth-order valence-corrected chi connectivity index (χ4v) is 3.31. The lowest BCUT2D eigenvalue weighted by molar-refractivity contribution is 0.0130. The van der Waals surface area contributed by atoms with Crippen LogP contribution in [0.15, 0.2) is 0 Å². The van der Waals surface area contributed by atoms with Crippen LogP contribution in [0.1, 0.15) is 47.5 Å².